The minimum atomic E-state index is -0.297. The van der Waals surface area contributed by atoms with Crippen LogP contribution in [-0.2, 0) is 13.5 Å². The van der Waals surface area contributed by atoms with Crippen molar-refractivity contribution in [2.24, 2.45) is 7.05 Å². The van der Waals surface area contributed by atoms with Gasteiger partial charge in [-0.1, -0.05) is 13.3 Å². The van der Waals surface area contributed by atoms with Gasteiger partial charge in [-0.25, -0.2) is 4.79 Å². The molecule has 2 aromatic heterocycles. The molecule has 2 heterocycles. The summed E-state index contributed by atoms with van der Waals surface area (Å²) in [6.45, 7) is 2.20. The highest BCUT2D eigenvalue weighted by molar-refractivity contribution is 6.04. The Kier molecular flexibility index (Phi) is 2.90. The average molecular weight is 255 g/mol. The molecule has 0 fully saturated rings. The summed E-state index contributed by atoms with van der Waals surface area (Å²) in [4.78, 5) is 11.3. The van der Waals surface area contributed by atoms with E-state index in [2.05, 4.69) is 24.6 Å². The normalized spacial score (nSPS) is 11.5. The monoisotopic (exact) mass is 255 g/mol. The summed E-state index contributed by atoms with van der Waals surface area (Å²) in [5.41, 5.74) is 2.88. The molecule has 3 nitrogen and oxygen atoms in total. The quantitative estimate of drug-likeness (QED) is 0.670. The summed E-state index contributed by atoms with van der Waals surface area (Å²) >= 11 is 0. The molecule has 0 unspecified atom stereocenters. The molecule has 98 valence electrons. The summed E-state index contributed by atoms with van der Waals surface area (Å²) in [6.07, 6.45) is 3.47. The van der Waals surface area contributed by atoms with Gasteiger partial charge in [-0.15, -0.1) is 0 Å². The Bertz CT molecular complexity index is 795. The van der Waals surface area contributed by atoms with Crippen LogP contribution in [0.25, 0.3) is 21.9 Å². The van der Waals surface area contributed by atoms with Crippen LogP contribution >= 0.6 is 0 Å². The van der Waals surface area contributed by atoms with Crippen molar-refractivity contribution in [1.82, 2.24) is 4.57 Å². The molecule has 1 aromatic carbocycles. The smallest absolute Gasteiger partial charge is 0.336 e. The van der Waals surface area contributed by atoms with E-state index in [1.807, 2.05) is 18.2 Å². The van der Waals surface area contributed by atoms with Crippen LogP contribution in [0.1, 0.15) is 25.5 Å². The predicted octanol–water partition coefficient (Wildman–Crippen LogP) is 3.63. The molecule has 0 aliphatic heterocycles. The van der Waals surface area contributed by atoms with Crippen LogP contribution in [0.3, 0.4) is 0 Å². The fourth-order valence-electron chi connectivity index (χ4n) is 2.62. The van der Waals surface area contributed by atoms with Crippen LogP contribution in [0.2, 0.25) is 0 Å². The summed E-state index contributed by atoms with van der Waals surface area (Å²) in [5, 5.41) is 2.17. The molecule has 3 aromatic rings. The highest BCUT2D eigenvalue weighted by Crippen LogP contribution is 2.27. The molecule has 0 aliphatic rings. The number of fused-ring (bicyclic) bond motifs is 3. The number of hydrogen-bond acceptors (Lipinski definition) is 2. The molecule has 19 heavy (non-hydrogen) atoms. The number of benzene rings is 1. The van der Waals surface area contributed by atoms with Crippen LogP contribution in [0, 0.1) is 0 Å². The number of aromatic nitrogens is 1. The van der Waals surface area contributed by atoms with Gasteiger partial charge in [0.05, 0.1) is 0 Å². The number of unbranched alkanes of at least 4 members (excludes halogenated alkanes) is 1. The molecule has 0 saturated carbocycles. The van der Waals surface area contributed by atoms with E-state index in [1.165, 1.54) is 30.1 Å². The summed E-state index contributed by atoms with van der Waals surface area (Å²) in [5.74, 6) is 0. The fraction of sp³-hybridized carbons (Fsp3) is 0.312. The van der Waals surface area contributed by atoms with Crippen molar-refractivity contribution >= 4 is 21.9 Å². The molecule has 0 saturated heterocycles. The molecule has 3 heteroatoms. The van der Waals surface area contributed by atoms with Gasteiger partial charge in [0.25, 0.3) is 0 Å². The van der Waals surface area contributed by atoms with E-state index in [1.54, 1.807) is 0 Å². The van der Waals surface area contributed by atoms with Crippen molar-refractivity contribution in [2.45, 2.75) is 26.2 Å². The topological polar surface area (TPSA) is 35.1 Å². The molecule has 3 rings (SSSR count). The van der Waals surface area contributed by atoms with Crippen molar-refractivity contribution in [2.75, 3.05) is 0 Å². The zero-order chi connectivity index (χ0) is 13.4. The van der Waals surface area contributed by atoms with Gasteiger partial charge < -0.3 is 8.98 Å². The molecule has 0 atom stereocenters. The molecule has 0 radical (unpaired) electrons. The zero-order valence-electron chi connectivity index (χ0n) is 11.3. The second kappa shape index (κ2) is 4.57. The maximum Gasteiger partial charge on any atom is 0.336 e. The highest BCUT2D eigenvalue weighted by Gasteiger charge is 2.09. The first-order valence-electron chi connectivity index (χ1n) is 6.72. The van der Waals surface area contributed by atoms with Crippen LogP contribution in [0.15, 0.2) is 39.5 Å². The molecule has 0 spiro atoms. The minimum absolute atomic E-state index is 0.297. The van der Waals surface area contributed by atoms with Crippen molar-refractivity contribution < 1.29 is 4.42 Å². The standard InChI is InChI=1S/C16H17NO2/c1-3-4-5-11-10-13-12-6-9-16(18)19-15(12)8-7-14(13)17(11)2/h6-10H,3-5H2,1-2H3. The van der Waals surface area contributed by atoms with Crippen LogP contribution in [0.4, 0.5) is 0 Å². The van der Waals surface area contributed by atoms with Crippen molar-refractivity contribution in [3.63, 3.8) is 0 Å². The van der Waals surface area contributed by atoms with Gasteiger partial charge in [-0.3, -0.25) is 0 Å². The van der Waals surface area contributed by atoms with Crippen molar-refractivity contribution in [3.8, 4) is 0 Å². The maximum absolute atomic E-state index is 11.3. The Morgan fingerprint density at radius 3 is 2.79 bits per heavy atom. The summed E-state index contributed by atoms with van der Waals surface area (Å²) < 4.78 is 7.47. The first-order chi connectivity index (χ1) is 9.20. The third-order valence-corrected chi connectivity index (χ3v) is 3.71. The number of rotatable bonds is 3. The first kappa shape index (κ1) is 12.0. The molecule has 0 amide bonds. The maximum atomic E-state index is 11.3. The molecule has 0 N–H and O–H groups in total. The summed E-state index contributed by atoms with van der Waals surface area (Å²) in [6, 6.07) is 9.46. The van der Waals surface area contributed by atoms with E-state index in [0.29, 0.717) is 5.58 Å². The lowest BCUT2D eigenvalue weighted by atomic mass is 10.1. The van der Waals surface area contributed by atoms with Gasteiger partial charge in [0.2, 0.25) is 0 Å². The third-order valence-electron chi connectivity index (χ3n) is 3.71. The van der Waals surface area contributed by atoms with Gasteiger partial charge in [-0.2, -0.15) is 0 Å². The molecular formula is C16H17NO2. The SMILES string of the molecule is CCCCc1cc2c3ccc(=O)oc3ccc2n1C. The Morgan fingerprint density at radius 2 is 2.00 bits per heavy atom. The second-order valence-electron chi connectivity index (χ2n) is 4.96. The number of aryl methyl sites for hydroxylation is 2. The third kappa shape index (κ3) is 1.95. The Balaban J connectivity index is 2.27. The van der Waals surface area contributed by atoms with Crippen molar-refractivity contribution in [3.05, 3.63) is 46.4 Å². The second-order valence-corrected chi connectivity index (χ2v) is 4.96. The Labute approximate surface area is 111 Å². The number of hydrogen-bond donors (Lipinski definition) is 0. The van der Waals surface area contributed by atoms with E-state index >= 15 is 0 Å². The fourth-order valence-corrected chi connectivity index (χ4v) is 2.62. The van der Waals surface area contributed by atoms with Crippen LogP contribution in [0.5, 0.6) is 0 Å². The van der Waals surface area contributed by atoms with Gasteiger partial charge in [-0.05, 0) is 37.1 Å². The van der Waals surface area contributed by atoms with Gasteiger partial charge in [0.15, 0.2) is 0 Å². The molecule has 0 aliphatic carbocycles. The van der Waals surface area contributed by atoms with Gasteiger partial charge in [0, 0.05) is 35.1 Å². The highest BCUT2D eigenvalue weighted by atomic mass is 16.4. The van der Waals surface area contributed by atoms with Crippen molar-refractivity contribution in [1.29, 1.82) is 0 Å². The van der Waals surface area contributed by atoms with Gasteiger partial charge >= 0.3 is 5.63 Å². The lowest BCUT2D eigenvalue weighted by Gasteiger charge is -2.03. The number of nitrogens with zero attached hydrogens (tertiary/aromatic N) is 1. The van der Waals surface area contributed by atoms with Gasteiger partial charge in [0.1, 0.15) is 5.58 Å². The van der Waals surface area contributed by atoms with E-state index in [-0.39, 0.29) is 5.63 Å². The summed E-state index contributed by atoms with van der Waals surface area (Å²) in [7, 11) is 2.10. The predicted molar refractivity (Wildman–Crippen MR) is 77.6 cm³/mol. The largest absolute Gasteiger partial charge is 0.423 e. The van der Waals surface area contributed by atoms with E-state index < -0.39 is 0 Å². The zero-order valence-corrected chi connectivity index (χ0v) is 11.3. The van der Waals surface area contributed by atoms with E-state index in [4.69, 9.17) is 4.42 Å². The Morgan fingerprint density at radius 1 is 1.16 bits per heavy atom. The van der Waals surface area contributed by atoms with E-state index in [9.17, 15) is 4.79 Å². The molecular weight excluding hydrogens is 238 g/mol. The van der Waals surface area contributed by atoms with Crippen LogP contribution < -0.4 is 5.63 Å². The Hall–Kier alpha value is -2.03. The molecule has 0 bridgehead atoms. The lowest BCUT2D eigenvalue weighted by Crippen LogP contribution is -1.96. The van der Waals surface area contributed by atoms with Crippen LogP contribution in [-0.4, -0.2) is 4.57 Å². The first-order valence-corrected chi connectivity index (χ1v) is 6.72. The average Bonchev–Trinajstić information content (AvgIpc) is 2.73. The van der Waals surface area contributed by atoms with E-state index in [0.717, 1.165) is 17.2 Å². The minimum Gasteiger partial charge on any atom is -0.423 e. The lowest BCUT2D eigenvalue weighted by molar-refractivity contribution is 0.561.